The number of rotatable bonds is 0. The summed E-state index contributed by atoms with van der Waals surface area (Å²) in [5, 5.41) is 3.54. The first kappa shape index (κ1) is 10.1. The minimum Gasteiger partial charge on any atom is -0.348 e. The van der Waals surface area contributed by atoms with Gasteiger partial charge in [-0.05, 0) is 37.6 Å². The molecule has 0 atom stereocenters. The Balaban J connectivity index is 1.63. The molecule has 3 heteroatoms. The molecular weight excluding hydrogens is 190 g/mol. The van der Waals surface area contributed by atoms with E-state index in [0.29, 0.717) is 5.41 Å². The SMILES string of the molecule is C1CNCC2(C1)CCC1(CC2)OCCO1. The Morgan fingerprint density at radius 1 is 0.867 bits per heavy atom. The van der Waals surface area contributed by atoms with Gasteiger partial charge in [0.2, 0.25) is 0 Å². The van der Waals surface area contributed by atoms with E-state index in [1.54, 1.807) is 0 Å². The van der Waals surface area contributed by atoms with Crippen molar-refractivity contribution >= 4 is 0 Å². The van der Waals surface area contributed by atoms with E-state index in [1.807, 2.05) is 0 Å². The van der Waals surface area contributed by atoms with Gasteiger partial charge >= 0.3 is 0 Å². The fourth-order valence-electron chi connectivity index (χ4n) is 3.40. The minimum absolute atomic E-state index is 0.178. The fourth-order valence-corrected chi connectivity index (χ4v) is 3.40. The second kappa shape index (κ2) is 3.72. The van der Waals surface area contributed by atoms with Gasteiger partial charge in [-0.15, -0.1) is 0 Å². The fraction of sp³-hybridized carbons (Fsp3) is 1.00. The van der Waals surface area contributed by atoms with E-state index in [0.717, 1.165) is 26.1 Å². The molecule has 0 bridgehead atoms. The number of hydrogen-bond acceptors (Lipinski definition) is 3. The largest absolute Gasteiger partial charge is 0.348 e. The third kappa shape index (κ3) is 1.81. The van der Waals surface area contributed by atoms with Crippen LogP contribution in [0.3, 0.4) is 0 Å². The Labute approximate surface area is 91.5 Å². The Bertz CT molecular complexity index is 218. The van der Waals surface area contributed by atoms with Gasteiger partial charge in [-0.1, -0.05) is 0 Å². The van der Waals surface area contributed by atoms with Gasteiger partial charge in [-0.25, -0.2) is 0 Å². The van der Waals surface area contributed by atoms with Crippen molar-refractivity contribution in [3.8, 4) is 0 Å². The lowest BCUT2D eigenvalue weighted by Gasteiger charge is -2.45. The lowest BCUT2D eigenvalue weighted by molar-refractivity contribution is -0.192. The topological polar surface area (TPSA) is 30.5 Å². The Kier molecular flexibility index (Phi) is 2.49. The molecule has 0 amide bonds. The maximum atomic E-state index is 5.77. The molecule has 3 aliphatic rings. The summed E-state index contributed by atoms with van der Waals surface area (Å²) in [6, 6.07) is 0. The van der Waals surface area contributed by atoms with Crippen molar-refractivity contribution < 1.29 is 9.47 Å². The molecule has 0 aromatic rings. The van der Waals surface area contributed by atoms with Crippen LogP contribution in [0.1, 0.15) is 38.5 Å². The van der Waals surface area contributed by atoms with Gasteiger partial charge in [0.15, 0.2) is 5.79 Å². The number of hydrogen-bond donors (Lipinski definition) is 1. The normalized spacial score (nSPS) is 33.6. The highest BCUT2D eigenvalue weighted by molar-refractivity contribution is 4.94. The van der Waals surface area contributed by atoms with Crippen molar-refractivity contribution in [2.24, 2.45) is 5.41 Å². The molecule has 2 aliphatic heterocycles. The van der Waals surface area contributed by atoms with E-state index < -0.39 is 0 Å². The summed E-state index contributed by atoms with van der Waals surface area (Å²) < 4.78 is 11.5. The molecule has 0 aromatic heterocycles. The molecule has 15 heavy (non-hydrogen) atoms. The molecule has 86 valence electrons. The summed E-state index contributed by atoms with van der Waals surface area (Å²) in [6.45, 7) is 4.01. The van der Waals surface area contributed by atoms with Crippen molar-refractivity contribution in [1.29, 1.82) is 0 Å². The van der Waals surface area contributed by atoms with Gasteiger partial charge in [0.25, 0.3) is 0 Å². The molecular formula is C12H21NO2. The zero-order valence-electron chi connectivity index (χ0n) is 9.39. The first-order valence-corrected chi connectivity index (χ1v) is 6.31. The molecule has 0 aromatic carbocycles. The van der Waals surface area contributed by atoms with Crippen LogP contribution < -0.4 is 5.32 Å². The smallest absolute Gasteiger partial charge is 0.168 e. The van der Waals surface area contributed by atoms with Crippen LogP contribution in [0.15, 0.2) is 0 Å². The molecule has 1 saturated carbocycles. The zero-order valence-corrected chi connectivity index (χ0v) is 9.39. The number of piperidine rings is 1. The third-order valence-corrected chi connectivity index (χ3v) is 4.45. The highest BCUT2D eigenvalue weighted by Crippen LogP contribution is 2.47. The molecule has 2 saturated heterocycles. The summed E-state index contributed by atoms with van der Waals surface area (Å²) in [4.78, 5) is 0. The highest BCUT2D eigenvalue weighted by Gasteiger charge is 2.46. The van der Waals surface area contributed by atoms with Crippen LogP contribution in [0, 0.1) is 5.41 Å². The molecule has 0 unspecified atom stereocenters. The maximum absolute atomic E-state index is 5.77. The van der Waals surface area contributed by atoms with Crippen molar-refractivity contribution in [2.45, 2.75) is 44.3 Å². The van der Waals surface area contributed by atoms with E-state index in [-0.39, 0.29) is 5.79 Å². The van der Waals surface area contributed by atoms with Crippen LogP contribution >= 0.6 is 0 Å². The Morgan fingerprint density at radius 2 is 1.60 bits per heavy atom. The van der Waals surface area contributed by atoms with Gasteiger partial charge < -0.3 is 14.8 Å². The van der Waals surface area contributed by atoms with E-state index in [9.17, 15) is 0 Å². The lowest BCUT2D eigenvalue weighted by atomic mass is 9.68. The average molecular weight is 211 g/mol. The van der Waals surface area contributed by atoms with Gasteiger partial charge in [0.1, 0.15) is 0 Å². The average Bonchev–Trinajstić information content (AvgIpc) is 2.74. The molecule has 1 N–H and O–H groups in total. The van der Waals surface area contributed by atoms with Gasteiger partial charge in [0, 0.05) is 19.4 Å². The van der Waals surface area contributed by atoms with Gasteiger partial charge in [0.05, 0.1) is 13.2 Å². The molecule has 3 fully saturated rings. The quantitative estimate of drug-likeness (QED) is 0.661. The molecule has 0 radical (unpaired) electrons. The first-order chi connectivity index (χ1) is 7.33. The summed E-state index contributed by atoms with van der Waals surface area (Å²) in [5.74, 6) is -0.178. The highest BCUT2D eigenvalue weighted by atomic mass is 16.7. The van der Waals surface area contributed by atoms with Crippen molar-refractivity contribution in [3.05, 3.63) is 0 Å². The second-order valence-corrected chi connectivity index (χ2v) is 5.39. The zero-order chi connectivity index (χ0) is 10.2. The van der Waals surface area contributed by atoms with E-state index >= 15 is 0 Å². The summed E-state index contributed by atoms with van der Waals surface area (Å²) >= 11 is 0. The molecule has 2 heterocycles. The predicted octanol–water partition coefficient (Wildman–Crippen LogP) is 1.67. The monoisotopic (exact) mass is 211 g/mol. The van der Waals surface area contributed by atoms with Crippen LogP contribution in [-0.4, -0.2) is 32.1 Å². The van der Waals surface area contributed by atoms with Gasteiger partial charge in [-0.3, -0.25) is 0 Å². The summed E-state index contributed by atoms with van der Waals surface area (Å²) in [5.41, 5.74) is 0.568. The van der Waals surface area contributed by atoms with E-state index in [2.05, 4.69) is 5.32 Å². The predicted molar refractivity (Wildman–Crippen MR) is 57.6 cm³/mol. The lowest BCUT2D eigenvalue weighted by Crippen LogP contribution is -2.47. The Morgan fingerprint density at radius 3 is 2.20 bits per heavy atom. The van der Waals surface area contributed by atoms with Crippen molar-refractivity contribution in [2.75, 3.05) is 26.3 Å². The summed E-state index contributed by atoms with van der Waals surface area (Å²) in [6.07, 6.45) is 7.51. The minimum atomic E-state index is -0.178. The van der Waals surface area contributed by atoms with Crippen LogP contribution in [-0.2, 0) is 9.47 Å². The molecule has 3 nitrogen and oxygen atoms in total. The maximum Gasteiger partial charge on any atom is 0.168 e. The molecule has 2 spiro atoms. The molecule has 1 aliphatic carbocycles. The van der Waals surface area contributed by atoms with Crippen LogP contribution in [0.4, 0.5) is 0 Å². The van der Waals surface area contributed by atoms with Gasteiger partial charge in [-0.2, -0.15) is 0 Å². The Hall–Kier alpha value is -0.120. The second-order valence-electron chi connectivity index (χ2n) is 5.39. The van der Waals surface area contributed by atoms with Crippen molar-refractivity contribution in [3.63, 3.8) is 0 Å². The summed E-state index contributed by atoms with van der Waals surface area (Å²) in [7, 11) is 0. The van der Waals surface area contributed by atoms with Crippen LogP contribution in [0.25, 0.3) is 0 Å². The third-order valence-electron chi connectivity index (χ3n) is 4.45. The number of nitrogens with one attached hydrogen (secondary N) is 1. The van der Waals surface area contributed by atoms with E-state index in [1.165, 1.54) is 38.8 Å². The standard InChI is InChI=1S/C12H21NO2/c1-2-11(10-13-7-1)3-5-12(6-4-11)14-8-9-15-12/h13H,1-10H2. The van der Waals surface area contributed by atoms with Crippen LogP contribution in [0.2, 0.25) is 0 Å². The van der Waals surface area contributed by atoms with Crippen molar-refractivity contribution in [1.82, 2.24) is 5.32 Å². The molecule has 3 rings (SSSR count). The first-order valence-electron chi connectivity index (χ1n) is 6.31. The number of ether oxygens (including phenoxy) is 2. The van der Waals surface area contributed by atoms with E-state index in [4.69, 9.17) is 9.47 Å². The van der Waals surface area contributed by atoms with Crippen LogP contribution in [0.5, 0.6) is 0 Å².